The molecule has 4 nitrogen and oxygen atoms in total. The van der Waals surface area contributed by atoms with Crippen LogP contribution in [0.2, 0.25) is 0 Å². The second-order valence-electron chi connectivity index (χ2n) is 4.29. The van der Waals surface area contributed by atoms with Gasteiger partial charge in [-0.25, -0.2) is 4.39 Å². The van der Waals surface area contributed by atoms with Crippen molar-refractivity contribution < 1.29 is 13.9 Å². The molecule has 0 aliphatic rings. The molecule has 0 aromatic heterocycles. The Labute approximate surface area is 113 Å². The molecular formula is C14H21FN2O2. The molecule has 0 saturated heterocycles. The molecule has 0 bridgehead atoms. The van der Waals surface area contributed by atoms with Gasteiger partial charge >= 0.3 is 0 Å². The average molecular weight is 268 g/mol. The van der Waals surface area contributed by atoms with E-state index in [0.717, 1.165) is 6.54 Å². The minimum atomic E-state index is -0.473. The maximum atomic E-state index is 13.6. The zero-order valence-corrected chi connectivity index (χ0v) is 11.6. The molecule has 0 radical (unpaired) electrons. The maximum Gasteiger partial charge on any atom is 0.225 e. The Balaban J connectivity index is 2.57. The average Bonchev–Trinajstić information content (AvgIpc) is 2.32. The number of amides is 1. The molecule has 1 aromatic rings. The number of hydrogen-bond acceptors (Lipinski definition) is 3. The van der Waals surface area contributed by atoms with Gasteiger partial charge in [-0.2, -0.15) is 0 Å². The molecule has 1 atom stereocenters. The summed E-state index contributed by atoms with van der Waals surface area (Å²) in [6.45, 7) is 6.92. The van der Waals surface area contributed by atoms with Gasteiger partial charge in [0.2, 0.25) is 5.91 Å². The minimum absolute atomic E-state index is 0.0949. The van der Waals surface area contributed by atoms with Crippen molar-refractivity contribution in [3.63, 3.8) is 0 Å². The van der Waals surface area contributed by atoms with Crippen molar-refractivity contribution in [2.45, 2.75) is 33.2 Å². The molecule has 0 saturated carbocycles. The van der Waals surface area contributed by atoms with E-state index in [1.807, 2.05) is 13.8 Å². The number of rotatable bonds is 7. The van der Waals surface area contributed by atoms with Crippen LogP contribution < -0.4 is 15.4 Å². The molecule has 5 heteroatoms. The van der Waals surface area contributed by atoms with Gasteiger partial charge in [-0.15, -0.1) is 0 Å². The molecule has 19 heavy (non-hydrogen) atoms. The summed E-state index contributed by atoms with van der Waals surface area (Å²) in [6, 6.07) is 4.50. The summed E-state index contributed by atoms with van der Waals surface area (Å²) in [5.74, 6) is -0.419. The number of carbonyl (C=O) groups is 1. The first-order chi connectivity index (χ1) is 9.06. The first kappa shape index (κ1) is 15.4. The summed E-state index contributed by atoms with van der Waals surface area (Å²) in [6.07, 6.45) is 0.350. The largest absolute Gasteiger partial charge is 0.491 e. The van der Waals surface area contributed by atoms with Crippen LogP contribution in [0.15, 0.2) is 18.2 Å². The zero-order chi connectivity index (χ0) is 14.3. The van der Waals surface area contributed by atoms with E-state index in [1.54, 1.807) is 13.0 Å². The van der Waals surface area contributed by atoms with E-state index in [4.69, 9.17) is 4.74 Å². The van der Waals surface area contributed by atoms with Crippen LogP contribution >= 0.6 is 0 Å². The van der Waals surface area contributed by atoms with Crippen molar-refractivity contribution in [2.24, 2.45) is 0 Å². The molecule has 2 N–H and O–H groups in total. The van der Waals surface area contributed by atoms with Crippen molar-refractivity contribution in [1.29, 1.82) is 0 Å². The van der Waals surface area contributed by atoms with Crippen LogP contribution in [-0.4, -0.2) is 25.1 Å². The monoisotopic (exact) mass is 268 g/mol. The minimum Gasteiger partial charge on any atom is -0.491 e. The van der Waals surface area contributed by atoms with Gasteiger partial charge in [0.05, 0.1) is 6.61 Å². The lowest BCUT2D eigenvalue weighted by Crippen LogP contribution is -2.30. The predicted octanol–water partition coefficient (Wildman–Crippen LogP) is 2.55. The lowest BCUT2D eigenvalue weighted by molar-refractivity contribution is -0.116. The summed E-state index contributed by atoms with van der Waals surface area (Å²) >= 11 is 0. The van der Waals surface area contributed by atoms with Gasteiger partial charge in [-0.05, 0) is 32.5 Å². The quantitative estimate of drug-likeness (QED) is 0.799. The Hall–Kier alpha value is -1.62. The number of ether oxygens (including phenoxy) is 1. The van der Waals surface area contributed by atoms with Crippen LogP contribution in [0, 0.1) is 5.82 Å². The van der Waals surface area contributed by atoms with Gasteiger partial charge in [0.25, 0.3) is 0 Å². The van der Waals surface area contributed by atoms with E-state index in [9.17, 15) is 9.18 Å². The Morgan fingerprint density at radius 1 is 1.42 bits per heavy atom. The molecular weight excluding hydrogens is 247 g/mol. The Morgan fingerprint density at radius 2 is 2.16 bits per heavy atom. The molecule has 1 unspecified atom stereocenters. The van der Waals surface area contributed by atoms with Crippen LogP contribution in [0.4, 0.5) is 10.1 Å². The lowest BCUT2D eigenvalue weighted by atomic mass is 10.2. The van der Waals surface area contributed by atoms with Crippen molar-refractivity contribution >= 4 is 11.6 Å². The topological polar surface area (TPSA) is 50.4 Å². The Bertz CT molecular complexity index is 424. The van der Waals surface area contributed by atoms with E-state index < -0.39 is 5.82 Å². The SMILES string of the molecule is CCNC(C)CC(=O)Nc1ccc(OCC)c(F)c1. The van der Waals surface area contributed by atoms with Crippen LogP contribution in [0.5, 0.6) is 5.75 Å². The number of benzene rings is 1. The van der Waals surface area contributed by atoms with Gasteiger partial charge < -0.3 is 15.4 Å². The number of hydrogen-bond donors (Lipinski definition) is 2. The molecule has 0 aliphatic carbocycles. The van der Waals surface area contributed by atoms with E-state index in [1.165, 1.54) is 12.1 Å². The van der Waals surface area contributed by atoms with Gasteiger partial charge in [0.15, 0.2) is 11.6 Å². The molecule has 0 fully saturated rings. The highest BCUT2D eigenvalue weighted by Gasteiger charge is 2.10. The lowest BCUT2D eigenvalue weighted by Gasteiger charge is -2.12. The molecule has 1 amide bonds. The van der Waals surface area contributed by atoms with Gasteiger partial charge in [-0.3, -0.25) is 4.79 Å². The number of anilines is 1. The van der Waals surface area contributed by atoms with Crippen LogP contribution in [0.3, 0.4) is 0 Å². The van der Waals surface area contributed by atoms with Crippen molar-refractivity contribution in [2.75, 3.05) is 18.5 Å². The number of halogens is 1. The fraction of sp³-hybridized carbons (Fsp3) is 0.500. The fourth-order valence-corrected chi connectivity index (χ4v) is 1.76. The van der Waals surface area contributed by atoms with E-state index in [2.05, 4.69) is 10.6 Å². The second-order valence-corrected chi connectivity index (χ2v) is 4.29. The summed E-state index contributed by atoms with van der Waals surface area (Å²) in [4.78, 5) is 11.7. The predicted molar refractivity (Wildman–Crippen MR) is 74.0 cm³/mol. The molecule has 0 aliphatic heterocycles. The molecule has 1 rings (SSSR count). The van der Waals surface area contributed by atoms with Crippen LogP contribution in [0.1, 0.15) is 27.2 Å². The third kappa shape index (κ3) is 5.26. The van der Waals surface area contributed by atoms with Crippen molar-refractivity contribution in [3.8, 4) is 5.75 Å². The van der Waals surface area contributed by atoms with Crippen LogP contribution in [0.25, 0.3) is 0 Å². The van der Waals surface area contributed by atoms with Gasteiger partial charge in [-0.1, -0.05) is 6.92 Å². The smallest absolute Gasteiger partial charge is 0.225 e. The normalized spacial score (nSPS) is 12.0. The fourth-order valence-electron chi connectivity index (χ4n) is 1.76. The summed E-state index contributed by atoms with van der Waals surface area (Å²) in [5.41, 5.74) is 0.439. The number of nitrogens with one attached hydrogen (secondary N) is 2. The summed E-state index contributed by atoms with van der Waals surface area (Å²) in [5, 5.41) is 5.81. The summed E-state index contributed by atoms with van der Waals surface area (Å²) in [7, 11) is 0. The van der Waals surface area contributed by atoms with Crippen LogP contribution in [-0.2, 0) is 4.79 Å². The standard InChI is InChI=1S/C14H21FN2O2/c1-4-16-10(3)8-14(18)17-11-6-7-13(19-5-2)12(15)9-11/h6-7,9-10,16H,4-5,8H2,1-3H3,(H,17,18). The highest BCUT2D eigenvalue weighted by Crippen LogP contribution is 2.21. The number of carbonyl (C=O) groups excluding carboxylic acids is 1. The van der Waals surface area contributed by atoms with Crippen molar-refractivity contribution in [3.05, 3.63) is 24.0 Å². The highest BCUT2D eigenvalue weighted by molar-refractivity contribution is 5.91. The third-order valence-electron chi connectivity index (χ3n) is 2.56. The molecule has 106 valence electrons. The molecule has 0 spiro atoms. The third-order valence-corrected chi connectivity index (χ3v) is 2.56. The highest BCUT2D eigenvalue weighted by atomic mass is 19.1. The zero-order valence-electron chi connectivity index (χ0n) is 11.6. The Morgan fingerprint density at radius 3 is 2.74 bits per heavy atom. The first-order valence-electron chi connectivity index (χ1n) is 6.52. The van der Waals surface area contributed by atoms with E-state index in [-0.39, 0.29) is 17.7 Å². The Kier molecular flexibility index (Phi) is 6.29. The molecule has 0 heterocycles. The molecule has 1 aromatic carbocycles. The summed E-state index contributed by atoms with van der Waals surface area (Å²) < 4.78 is 18.7. The first-order valence-corrected chi connectivity index (χ1v) is 6.52. The van der Waals surface area contributed by atoms with Gasteiger partial charge in [0, 0.05) is 24.2 Å². The van der Waals surface area contributed by atoms with Gasteiger partial charge in [0.1, 0.15) is 0 Å². The van der Waals surface area contributed by atoms with E-state index in [0.29, 0.717) is 18.7 Å². The van der Waals surface area contributed by atoms with Crippen molar-refractivity contribution in [1.82, 2.24) is 5.32 Å². The maximum absolute atomic E-state index is 13.6. The second kappa shape index (κ2) is 7.74. The van der Waals surface area contributed by atoms with E-state index >= 15 is 0 Å².